The van der Waals surface area contributed by atoms with Gasteiger partial charge in [-0.3, -0.25) is 0 Å². The Morgan fingerprint density at radius 1 is 0.789 bits per heavy atom. The predicted octanol–water partition coefficient (Wildman–Crippen LogP) is 5.45. The number of rotatable bonds is 1. The molecule has 0 amide bonds. The quantitative estimate of drug-likeness (QED) is 0.390. The highest BCUT2D eigenvalue weighted by Gasteiger charge is 2.11. The summed E-state index contributed by atoms with van der Waals surface area (Å²) in [5, 5.41) is 8.36. The summed E-state index contributed by atoms with van der Waals surface area (Å²) in [5.74, 6) is 0. The average Bonchev–Trinajstić information content (AvgIpc) is 2.44. The van der Waals surface area contributed by atoms with Crippen molar-refractivity contribution >= 4 is 32.3 Å². The van der Waals surface area contributed by atoms with Gasteiger partial charge in [0.2, 0.25) is 0 Å². The zero-order valence-corrected chi connectivity index (χ0v) is 11.3. The van der Waals surface area contributed by atoms with Crippen molar-refractivity contribution in [2.45, 2.75) is 20.3 Å². The van der Waals surface area contributed by atoms with Crippen LogP contribution in [0.4, 0.5) is 0 Å². The number of benzene rings is 4. The fraction of sp³-hybridized carbons (Fsp3) is 0.158. The summed E-state index contributed by atoms with van der Waals surface area (Å²) in [6, 6.07) is 18.0. The Kier molecular flexibility index (Phi) is 2.11. The van der Waals surface area contributed by atoms with Crippen molar-refractivity contribution in [3.8, 4) is 0 Å². The maximum Gasteiger partial charge on any atom is -0.00238 e. The van der Waals surface area contributed by atoms with Crippen molar-refractivity contribution in [1.82, 2.24) is 0 Å². The van der Waals surface area contributed by atoms with E-state index >= 15 is 0 Å². The van der Waals surface area contributed by atoms with E-state index in [2.05, 4.69) is 62.4 Å². The van der Waals surface area contributed by atoms with Gasteiger partial charge in [-0.1, -0.05) is 55.5 Å². The lowest BCUT2D eigenvalue weighted by molar-refractivity contribution is 1.13. The van der Waals surface area contributed by atoms with Crippen molar-refractivity contribution < 1.29 is 0 Å². The molecule has 0 aliphatic heterocycles. The standard InChI is InChI=1S/C19H16/c1-3-16-12(2)11-15-8-7-13-5-4-6-14-9-10-17(16)19(15)18(13)14/h4-11H,3H2,1-2H3. The highest BCUT2D eigenvalue weighted by atomic mass is 14.1. The maximum atomic E-state index is 2.34. The van der Waals surface area contributed by atoms with Gasteiger partial charge in [0.25, 0.3) is 0 Å². The monoisotopic (exact) mass is 244 g/mol. The number of hydrogen-bond donors (Lipinski definition) is 0. The third kappa shape index (κ3) is 1.34. The molecule has 0 aromatic heterocycles. The van der Waals surface area contributed by atoms with Gasteiger partial charge in [-0.25, -0.2) is 0 Å². The van der Waals surface area contributed by atoms with E-state index < -0.39 is 0 Å². The summed E-state index contributed by atoms with van der Waals surface area (Å²) in [5.41, 5.74) is 2.90. The third-order valence-corrected chi connectivity index (χ3v) is 4.34. The fourth-order valence-electron chi connectivity index (χ4n) is 3.48. The van der Waals surface area contributed by atoms with E-state index in [-0.39, 0.29) is 0 Å². The second-order valence-electron chi connectivity index (χ2n) is 5.38. The highest BCUT2D eigenvalue weighted by molar-refractivity contribution is 6.23. The predicted molar refractivity (Wildman–Crippen MR) is 84.3 cm³/mol. The smallest absolute Gasteiger partial charge is 0.00238 e. The molecular weight excluding hydrogens is 228 g/mol. The molecule has 0 aliphatic rings. The van der Waals surface area contributed by atoms with Crippen LogP contribution in [-0.2, 0) is 6.42 Å². The summed E-state index contributed by atoms with van der Waals surface area (Å²) in [6.45, 7) is 4.48. The van der Waals surface area contributed by atoms with Crippen molar-refractivity contribution in [2.75, 3.05) is 0 Å². The summed E-state index contributed by atoms with van der Waals surface area (Å²) in [6.07, 6.45) is 1.10. The van der Waals surface area contributed by atoms with Crippen LogP contribution in [-0.4, -0.2) is 0 Å². The fourth-order valence-corrected chi connectivity index (χ4v) is 3.48. The molecule has 0 N–H and O–H groups in total. The molecule has 0 heterocycles. The molecule has 0 unspecified atom stereocenters. The van der Waals surface area contributed by atoms with Gasteiger partial charge in [-0.15, -0.1) is 0 Å². The summed E-state index contributed by atoms with van der Waals surface area (Å²) >= 11 is 0. The van der Waals surface area contributed by atoms with Gasteiger partial charge < -0.3 is 0 Å². The van der Waals surface area contributed by atoms with Crippen LogP contribution in [0.2, 0.25) is 0 Å². The Morgan fingerprint density at radius 3 is 2.21 bits per heavy atom. The Balaban J connectivity index is 2.39. The first kappa shape index (κ1) is 10.8. The lowest BCUT2D eigenvalue weighted by Crippen LogP contribution is -1.92. The van der Waals surface area contributed by atoms with Crippen LogP contribution in [0.1, 0.15) is 18.1 Å². The van der Waals surface area contributed by atoms with Gasteiger partial charge >= 0.3 is 0 Å². The SMILES string of the molecule is CCc1c(C)cc2ccc3cccc4ccc1c2c34. The van der Waals surface area contributed by atoms with Crippen LogP contribution in [0.15, 0.2) is 48.5 Å². The number of hydrogen-bond acceptors (Lipinski definition) is 0. The molecule has 0 saturated heterocycles. The van der Waals surface area contributed by atoms with Gasteiger partial charge in [0.1, 0.15) is 0 Å². The van der Waals surface area contributed by atoms with E-state index in [0.29, 0.717) is 0 Å². The molecule has 92 valence electrons. The summed E-state index contributed by atoms with van der Waals surface area (Å²) in [7, 11) is 0. The molecule has 0 atom stereocenters. The van der Waals surface area contributed by atoms with Crippen molar-refractivity contribution in [3.63, 3.8) is 0 Å². The second-order valence-corrected chi connectivity index (χ2v) is 5.38. The zero-order valence-electron chi connectivity index (χ0n) is 11.3. The lowest BCUT2D eigenvalue weighted by Gasteiger charge is -2.15. The Hall–Kier alpha value is -2.08. The van der Waals surface area contributed by atoms with E-state index in [0.717, 1.165) is 6.42 Å². The van der Waals surface area contributed by atoms with E-state index in [1.54, 1.807) is 0 Å². The summed E-state index contributed by atoms with van der Waals surface area (Å²) < 4.78 is 0. The van der Waals surface area contributed by atoms with Crippen molar-refractivity contribution in [3.05, 3.63) is 59.7 Å². The first-order chi connectivity index (χ1) is 9.29. The first-order valence-electron chi connectivity index (χ1n) is 6.95. The molecule has 4 aromatic carbocycles. The Bertz CT molecular complexity index is 884. The average molecular weight is 244 g/mol. The molecule has 0 aliphatic carbocycles. The van der Waals surface area contributed by atoms with Gasteiger partial charge in [0, 0.05) is 0 Å². The minimum absolute atomic E-state index is 1.10. The van der Waals surface area contributed by atoms with E-state index in [1.165, 1.54) is 43.4 Å². The molecule has 0 nitrogen and oxygen atoms in total. The maximum absolute atomic E-state index is 2.34. The second kappa shape index (κ2) is 3.71. The van der Waals surface area contributed by atoms with Crippen LogP contribution in [0, 0.1) is 6.92 Å². The Labute approximate surface area is 113 Å². The molecule has 0 fully saturated rings. The van der Waals surface area contributed by atoms with Gasteiger partial charge in [0.15, 0.2) is 0 Å². The largest absolute Gasteiger partial charge is 0.0613 e. The lowest BCUT2D eigenvalue weighted by atomic mass is 9.89. The third-order valence-electron chi connectivity index (χ3n) is 4.34. The zero-order chi connectivity index (χ0) is 13.0. The number of aryl methyl sites for hydroxylation is 2. The molecule has 19 heavy (non-hydrogen) atoms. The van der Waals surface area contributed by atoms with Crippen LogP contribution in [0.25, 0.3) is 32.3 Å². The van der Waals surface area contributed by atoms with Crippen molar-refractivity contribution in [1.29, 1.82) is 0 Å². The van der Waals surface area contributed by atoms with Gasteiger partial charge in [0.05, 0.1) is 0 Å². The van der Waals surface area contributed by atoms with Crippen LogP contribution in [0.5, 0.6) is 0 Å². The molecular formula is C19H16. The van der Waals surface area contributed by atoms with E-state index in [4.69, 9.17) is 0 Å². The molecule has 0 radical (unpaired) electrons. The minimum atomic E-state index is 1.10. The first-order valence-corrected chi connectivity index (χ1v) is 6.95. The van der Waals surface area contributed by atoms with Crippen LogP contribution in [0.3, 0.4) is 0 Å². The molecule has 4 aromatic rings. The molecule has 0 saturated carbocycles. The summed E-state index contributed by atoms with van der Waals surface area (Å²) in [4.78, 5) is 0. The molecule has 4 rings (SSSR count). The van der Waals surface area contributed by atoms with Gasteiger partial charge in [-0.05, 0) is 56.8 Å². The highest BCUT2D eigenvalue weighted by Crippen LogP contribution is 2.37. The molecule has 0 bridgehead atoms. The molecule has 0 heteroatoms. The van der Waals surface area contributed by atoms with Crippen LogP contribution < -0.4 is 0 Å². The van der Waals surface area contributed by atoms with Crippen LogP contribution >= 0.6 is 0 Å². The van der Waals surface area contributed by atoms with E-state index in [1.807, 2.05) is 0 Å². The Morgan fingerprint density at radius 2 is 1.47 bits per heavy atom. The minimum Gasteiger partial charge on any atom is -0.0613 e. The van der Waals surface area contributed by atoms with Gasteiger partial charge in [-0.2, -0.15) is 0 Å². The normalized spacial score (nSPS) is 11.9. The topological polar surface area (TPSA) is 0 Å². The van der Waals surface area contributed by atoms with Crippen molar-refractivity contribution in [2.24, 2.45) is 0 Å². The van der Waals surface area contributed by atoms with E-state index in [9.17, 15) is 0 Å². The molecule has 0 spiro atoms.